The molecule has 1 saturated heterocycles. The Balaban J connectivity index is 2.06. The number of nitrogens with one attached hydrogen (secondary N) is 1. The van der Waals surface area contributed by atoms with Gasteiger partial charge in [0.2, 0.25) is 11.8 Å². The monoisotopic (exact) mass is 276 g/mol. The smallest absolute Gasteiger partial charge is 0.245 e. The van der Waals surface area contributed by atoms with E-state index in [1.165, 1.54) is 4.90 Å². The predicted octanol–water partition coefficient (Wildman–Crippen LogP) is 0.847. The molecule has 108 valence electrons. The first kappa shape index (κ1) is 14.5. The highest BCUT2D eigenvalue weighted by Gasteiger charge is 2.40. The van der Waals surface area contributed by atoms with Crippen molar-refractivity contribution in [1.29, 1.82) is 0 Å². The molecule has 20 heavy (non-hydrogen) atoms. The van der Waals surface area contributed by atoms with E-state index in [0.717, 1.165) is 0 Å². The van der Waals surface area contributed by atoms with Gasteiger partial charge in [-0.25, -0.2) is 0 Å². The molecule has 0 saturated carbocycles. The lowest BCUT2D eigenvalue weighted by molar-refractivity contribution is -0.150. The highest BCUT2D eigenvalue weighted by molar-refractivity contribution is 5.92. The van der Waals surface area contributed by atoms with E-state index < -0.39 is 11.6 Å². The number of benzene rings is 1. The van der Waals surface area contributed by atoms with E-state index in [4.69, 9.17) is 0 Å². The molecule has 2 rings (SSSR count). The standard InChI is InChI=1S/C15H20N2O3/c1-15(2)14(20)16-8-9-17(15)13(19)10-12(18)11-6-4-3-5-7-11/h3-7,12,18H,8-10H2,1-2H3,(H,16,20). The van der Waals surface area contributed by atoms with Crippen LogP contribution >= 0.6 is 0 Å². The summed E-state index contributed by atoms with van der Waals surface area (Å²) in [6.45, 7) is 4.36. The van der Waals surface area contributed by atoms with E-state index in [1.807, 2.05) is 18.2 Å². The maximum Gasteiger partial charge on any atom is 0.245 e. The van der Waals surface area contributed by atoms with Crippen molar-refractivity contribution >= 4 is 11.8 Å². The number of aliphatic hydroxyl groups excluding tert-OH is 1. The summed E-state index contributed by atoms with van der Waals surface area (Å²) in [6.07, 6.45) is -0.856. The Bertz CT molecular complexity index is 499. The molecular weight excluding hydrogens is 256 g/mol. The van der Waals surface area contributed by atoms with Crippen molar-refractivity contribution < 1.29 is 14.7 Å². The first-order valence-electron chi connectivity index (χ1n) is 6.74. The van der Waals surface area contributed by atoms with Crippen LogP contribution in [0.15, 0.2) is 30.3 Å². The Morgan fingerprint density at radius 1 is 1.40 bits per heavy atom. The van der Waals surface area contributed by atoms with Gasteiger partial charge in [-0.05, 0) is 19.4 Å². The van der Waals surface area contributed by atoms with Crippen LogP contribution in [0.25, 0.3) is 0 Å². The van der Waals surface area contributed by atoms with Gasteiger partial charge in [-0.3, -0.25) is 9.59 Å². The van der Waals surface area contributed by atoms with Crippen molar-refractivity contribution in [3.63, 3.8) is 0 Å². The topological polar surface area (TPSA) is 69.6 Å². The van der Waals surface area contributed by atoms with Crippen molar-refractivity contribution in [3.05, 3.63) is 35.9 Å². The van der Waals surface area contributed by atoms with Crippen molar-refractivity contribution in [3.8, 4) is 0 Å². The van der Waals surface area contributed by atoms with E-state index in [2.05, 4.69) is 5.32 Å². The number of rotatable bonds is 3. The molecule has 5 heteroatoms. The Labute approximate surface area is 118 Å². The summed E-state index contributed by atoms with van der Waals surface area (Å²) in [7, 11) is 0. The van der Waals surface area contributed by atoms with Crippen LogP contribution in [0.1, 0.15) is 31.9 Å². The fourth-order valence-electron chi connectivity index (χ4n) is 2.40. The molecule has 5 nitrogen and oxygen atoms in total. The van der Waals surface area contributed by atoms with Crippen LogP contribution in [0.3, 0.4) is 0 Å². The van der Waals surface area contributed by atoms with Gasteiger partial charge < -0.3 is 15.3 Å². The van der Waals surface area contributed by atoms with Crippen LogP contribution in [0, 0.1) is 0 Å². The molecule has 2 N–H and O–H groups in total. The van der Waals surface area contributed by atoms with Gasteiger partial charge in [0, 0.05) is 13.1 Å². The van der Waals surface area contributed by atoms with Crippen LogP contribution in [0.5, 0.6) is 0 Å². The lowest BCUT2D eigenvalue weighted by atomic mass is 9.97. The number of carbonyl (C=O) groups excluding carboxylic acids is 2. The predicted molar refractivity (Wildman–Crippen MR) is 74.8 cm³/mol. The maximum absolute atomic E-state index is 12.3. The van der Waals surface area contributed by atoms with Crippen molar-refractivity contribution in [1.82, 2.24) is 10.2 Å². The molecular formula is C15H20N2O3. The molecule has 0 aliphatic carbocycles. The Hall–Kier alpha value is -1.88. The van der Waals surface area contributed by atoms with E-state index >= 15 is 0 Å². The van der Waals surface area contributed by atoms with Gasteiger partial charge in [-0.15, -0.1) is 0 Å². The molecule has 1 heterocycles. The normalized spacial score (nSPS) is 19.4. The molecule has 0 spiro atoms. The molecule has 0 bridgehead atoms. The minimum Gasteiger partial charge on any atom is -0.388 e. The molecule has 1 fully saturated rings. The fraction of sp³-hybridized carbons (Fsp3) is 0.467. The number of amides is 2. The molecule has 1 atom stereocenters. The second-order valence-corrected chi connectivity index (χ2v) is 5.49. The van der Waals surface area contributed by atoms with Gasteiger partial charge in [0.15, 0.2) is 0 Å². The Morgan fingerprint density at radius 3 is 2.70 bits per heavy atom. The first-order valence-corrected chi connectivity index (χ1v) is 6.74. The van der Waals surface area contributed by atoms with Gasteiger partial charge in [0.1, 0.15) is 5.54 Å². The number of carbonyl (C=O) groups is 2. The average molecular weight is 276 g/mol. The van der Waals surface area contributed by atoms with Gasteiger partial charge in [0.05, 0.1) is 12.5 Å². The van der Waals surface area contributed by atoms with E-state index in [0.29, 0.717) is 18.7 Å². The summed E-state index contributed by atoms with van der Waals surface area (Å²) < 4.78 is 0. The van der Waals surface area contributed by atoms with E-state index in [1.54, 1.807) is 26.0 Å². The van der Waals surface area contributed by atoms with E-state index in [-0.39, 0.29) is 18.2 Å². The molecule has 1 aromatic rings. The highest BCUT2D eigenvalue weighted by atomic mass is 16.3. The summed E-state index contributed by atoms with van der Waals surface area (Å²) in [4.78, 5) is 25.7. The molecule has 1 aliphatic heterocycles. The molecule has 1 unspecified atom stereocenters. The van der Waals surface area contributed by atoms with Gasteiger partial charge in [0.25, 0.3) is 0 Å². The summed E-state index contributed by atoms with van der Waals surface area (Å²) in [5.74, 6) is -0.368. The summed E-state index contributed by atoms with van der Waals surface area (Å²) in [5, 5.41) is 12.9. The molecule has 0 radical (unpaired) electrons. The summed E-state index contributed by atoms with van der Waals surface area (Å²) in [5.41, 5.74) is -0.161. The lowest BCUT2D eigenvalue weighted by Crippen LogP contribution is -2.63. The fourth-order valence-corrected chi connectivity index (χ4v) is 2.40. The summed E-state index contributed by atoms with van der Waals surface area (Å²) >= 11 is 0. The third kappa shape index (κ3) is 2.82. The number of nitrogens with zero attached hydrogens (tertiary/aromatic N) is 1. The van der Waals surface area contributed by atoms with Crippen molar-refractivity contribution in [2.75, 3.05) is 13.1 Å². The molecule has 1 aromatic carbocycles. The molecule has 0 aromatic heterocycles. The highest BCUT2D eigenvalue weighted by Crippen LogP contribution is 2.23. The molecule has 1 aliphatic rings. The SMILES string of the molecule is CC1(C)C(=O)NCCN1C(=O)CC(O)c1ccccc1. The largest absolute Gasteiger partial charge is 0.388 e. The lowest BCUT2D eigenvalue weighted by Gasteiger charge is -2.41. The third-order valence-corrected chi connectivity index (χ3v) is 3.70. The zero-order chi connectivity index (χ0) is 14.8. The molecule has 2 amide bonds. The third-order valence-electron chi connectivity index (χ3n) is 3.70. The average Bonchev–Trinajstić information content (AvgIpc) is 2.42. The maximum atomic E-state index is 12.3. The Morgan fingerprint density at radius 2 is 2.05 bits per heavy atom. The van der Waals surface area contributed by atoms with Crippen molar-refractivity contribution in [2.24, 2.45) is 0 Å². The second-order valence-electron chi connectivity index (χ2n) is 5.49. The quantitative estimate of drug-likeness (QED) is 0.860. The number of hydrogen-bond acceptors (Lipinski definition) is 3. The number of hydrogen-bond donors (Lipinski definition) is 2. The van der Waals surface area contributed by atoms with Gasteiger partial charge in [-0.1, -0.05) is 30.3 Å². The van der Waals surface area contributed by atoms with Gasteiger partial charge >= 0.3 is 0 Å². The zero-order valence-corrected chi connectivity index (χ0v) is 11.8. The number of piperazine rings is 1. The van der Waals surface area contributed by atoms with E-state index in [9.17, 15) is 14.7 Å². The van der Waals surface area contributed by atoms with Crippen LogP contribution in [-0.4, -0.2) is 40.4 Å². The van der Waals surface area contributed by atoms with Crippen LogP contribution in [-0.2, 0) is 9.59 Å². The minimum atomic E-state index is -0.869. The first-order chi connectivity index (χ1) is 9.43. The zero-order valence-electron chi connectivity index (χ0n) is 11.8. The van der Waals surface area contributed by atoms with Crippen LogP contribution in [0.2, 0.25) is 0 Å². The second kappa shape index (κ2) is 5.63. The van der Waals surface area contributed by atoms with Crippen LogP contribution in [0.4, 0.5) is 0 Å². The van der Waals surface area contributed by atoms with Crippen LogP contribution < -0.4 is 5.32 Å². The van der Waals surface area contributed by atoms with Gasteiger partial charge in [-0.2, -0.15) is 0 Å². The Kier molecular flexibility index (Phi) is 4.09. The summed E-state index contributed by atoms with van der Waals surface area (Å²) in [6, 6.07) is 9.07. The minimum absolute atomic E-state index is 0.0132. The number of aliphatic hydroxyl groups is 1. The van der Waals surface area contributed by atoms with Crippen molar-refractivity contribution in [2.45, 2.75) is 31.9 Å².